The highest BCUT2D eigenvalue weighted by molar-refractivity contribution is 5.78. The standard InChI is InChI=1S/C35H65N7O4/c1-24-31(46-23-37-24)22-45-30-9-8-26-20-40(11-10-25(26)16-30)21-29(43)19-36-34(44)27-17-32(38-28-6-5-7-28)39-33(18-27)41-12-14-42(15-13-41)35(2,3)4/h24-33,37-39,43H,5-23H2,1-4H3,(H,36,44)/t24?,25?,26?,27?,29-,30?,31?,32?,33?/m0/s1. The Labute approximate surface area is 278 Å². The van der Waals surface area contributed by atoms with Crippen molar-refractivity contribution in [3.63, 3.8) is 0 Å². The maximum absolute atomic E-state index is 13.6. The number of carbonyl (C=O) groups excluding carboxylic acids is 1. The molecule has 0 aromatic carbocycles. The lowest BCUT2D eigenvalue weighted by molar-refractivity contribution is -0.128. The molecular formula is C35H65N7O4. The summed E-state index contributed by atoms with van der Waals surface area (Å²) >= 11 is 0. The van der Waals surface area contributed by atoms with Gasteiger partial charge in [0.2, 0.25) is 5.91 Å². The van der Waals surface area contributed by atoms with E-state index < -0.39 is 6.10 Å². The number of hydrogen-bond donors (Lipinski definition) is 5. The second-order valence-electron chi connectivity index (χ2n) is 16.5. The van der Waals surface area contributed by atoms with Crippen LogP contribution in [-0.2, 0) is 14.3 Å². The number of amides is 1. The molecule has 2 saturated carbocycles. The maximum atomic E-state index is 13.6. The lowest BCUT2D eigenvalue weighted by atomic mass is 9.74. The molecule has 4 aliphatic heterocycles. The average molecular weight is 648 g/mol. The molecule has 5 N–H and O–H groups in total. The first-order valence-corrected chi connectivity index (χ1v) is 18.8. The number of β-amino-alcohol motifs (C(OH)–C–C–N with tert-alkyl or cyclic N) is 1. The summed E-state index contributed by atoms with van der Waals surface area (Å²) in [5, 5.41) is 25.2. The van der Waals surface area contributed by atoms with Gasteiger partial charge in [-0.2, -0.15) is 0 Å². The molecule has 8 unspecified atom stereocenters. The molecule has 264 valence electrons. The SMILES string of the molecule is CC1NCOC1COC1CCC2CN(C[C@@H](O)CNC(=O)C3CC(NC4CCC4)NC(N4CCN(C(C)(C)C)CC4)C3)CCC2C1. The van der Waals surface area contributed by atoms with Crippen molar-refractivity contribution < 1.29 is 19.4 Å². The first-order chi connectivity index (χ1) is 22.1. The van der Waals surface area contributed by atoms with Crippen LogP contribution in [0.3, 0.4) is 0 Å². The third-order valence-corrected chi connectivity index (χ3v) is 12.2. The van der Waals surface area contributed by atoms with Gasteiger partial charge < -0.3 is 24.8 Å². The second-order valence-corrected chi connectivity index (χ2v) is 16.5. The fourth-order valence-electron chi connectivity index (χ4n) is 8.84. The number of carbonyl (C=O) groups is 1. The van der Waals surface area contributed by atoms with Crippen LogP contribution in [0.1, 0.15) is 85.5 Å². The van der Waals surface area contributed by atoms with Gasteiger partial charge in [-0.05, 0) is 97.4 Å². The molecule has 0 spiro atoms. The molecule has 11 heteroatoms. The van der Waals surface area contributed by atoms with Crippen molar-refractivity contribution in [1.82, 2.24) is 36.0 Å². The minimum absolute atomic E-state index is 0.0514. The van der Waals surface area contributed by atoms with Gasteiger partial charge in [0.25, 0.3) is 0 Å². The zero-order valence-corrected chi connectivity index (χ0v) is 29.2. The number of ether oxygens (including phenoxy) is 2. The van der Waals surface area contributed by atoms with E-state index in [2.05, 4.69) is 63.7 Å². The molecule has 4 saturated heterocycles. The Morgan fingerprint density at radius 3 is 2.52 bits per heavy atom. The van der Waals surface area contributed by atoms with Crippen LogP contribution in [-0.4, -0.2) is 140 Å². The van der Waals surface area contributed by atoms with Crippen molar-refractivity contribution in [3.05, 3.63) is 0 Å². The number of nitrogens with zero attached hydrogens (tertiary/aromatic N) is 3. The van der Waals surface area contributed by atoms with Crippen LogP contribution in [0.25, 0.3) is 0 Å². The number of nitrogens with one attached hydrogen (secondary N) is 4. The highest BCUT2D eigenvalue weighted by atomic mass is 16.5. The van der Waals surface area contributed by atoms with E-state index in [9.17, 15) is 9.90 Å². The number of hydrogen-bond acceptors (Lipinski definition) is 10. The minimum Gasteiger partial charge on any atom is -0.390 e. The Morgan fingerprint density at radius 2 is 1.83 bits per heavy atom. The highest BCUT2D eigenvalue weighted by Gasteiger charge is 2.39. The number of piperazine rings is 1. The van der Waals surface area contributed by atoms with Crippen molar-refractivity contribution in [3.8, 4) is 0 Å². The molecule has 11 nitrogen and oxygen atoms in total. The molecule has 2 aliphatic carbocycles. The monoisotopic (exact) mass is 648 g/mol. The lowest BCUT2D eigenvalue weighted by Crippen LogP contribution is -2.65. The summed E-state index contributed by atoms with van der Waals surface area (Å²) in [5.74, 6) is 1.43. The van der Waals surface area contributed by atoms with Crippen molar-refractivity contribution in [2.75, 3.05) is 65.7 Å². The van der Waals surface area contributed by atoms with E-state index in [0.29, 0.717) is 56.5 Å². The van der Waals surface area contributed by atoms with Crippen LogP contribution in [0.5, 0.6) is 0 Å². The van der Waals surface area contributed by atoms with Gasteiger partial charge in [0.15, 0.2) is 0 Å². The molecule has 46 heavy (non-hydrogen) atoms. The predicted octanol–water partition coefficient (Wildman–Crippen LogP) is 1.52. The molecule has 0 bridgehead atoms. The number of piperidine rings is 2. The summed E-state index contributed by atoms with van der Waals surface area (Å²) in [5.41, 5.74) is 0.190. The normalized spacial score (nSPS) is 37.8. The Kier molecular flexibility index (Phi) is 12.0. The number of aliphatic hydroxyl groups is 1. The van der Waals surface area contributed by atoms with Crippen LogP contribution >= 0.6 is 0 Å². The number of rotatable bonds is 11. The fourth-order valence-corrected chi connectivity index (χ4v) is 8.84. The van der Waals surface area contributed by atoms with Crippen molar-refractivity contribution >= 4 is 5.91 Å². The summed E-state index contributed by atoms with van der Waals surface area (Å²) in [6.45, 7) is 17.5. The highest BCUT2D eigenvalue weighted by Crippen LogP contribution is 2.37. The molecule has 9 atom stereocenters. The molecular weight excluding hydrogens is 582 g/mol. The summed E-state index contributed by atoms with van der Waals surface area (Å²) in [7, 11) is 0. The Balaban J connectivity index is 0.926. The zero-order valence-electron chi connectivity index (χ0n) is 29.2. The Bertz CT molecular complexity index is 971. The smallest absolute Gasteiger partial charge is 0.223 e. The van der Waals surface area contributed by atoms with Crippen LogP contribution in [0.4, 0.5) is 0 Å². The maximum Gasteiger partial charge on any atom is 0.223 e. The number of fused-ring (bicyclic) bond motifs is 1. The van der Waals surface area contributed by atoms with Gasteiger partial charge in [-0.1, -0.05) is 6.42 Å². The number of aliphatic hydroxyl groups excluding tert-OH is 1. The third-order valence-electron chi connectivity index (χ3n) is 12.2. The van der Waals surface area contributed by atoms with Crippen LogP contribution in [0, 0.1) is 17.8 Å². The van der Waals surface area contributed by atoms with Crippen LogP contribution < -0.4 is 21.3 Å². The first-order valence-electron chi connectivity index (χ1n) is 18.8. The number of likely N-dealkylation sites (tertiary alicyclic amines) is 1. The predicted molar refractivity (Wildman–Crippen MR) is 180 cm³/mol. The van der Waals surface area contributed by atoms with Crippen molar-refractivity contribution in [2.45, 2.75) is 134 Å². The molecule has 4 heterocycles. The van der Waals surface area contributed by atoms with Gasteiger partial charge in [0, 0.05) is 69.4 Å². The Morgan fingerprint density at radius 1 is 1.02 bits per heavy atom. The van der Waals surface area contributed by atoms with Crippen LogP contribution in [0.15, 0.2) is 0 Å². The molecule has 0 radical (unpaired) electrons. The largest absolute Gasteiger partial charge is 0.390 e. The average Bonchev–Trinajstić information content (AvgIpc) is 3.44. The quantitative estimate of drug-likeness (QED) is 0.226. The van der Waals surface area contributed by atoms with E-state index >= 15 is 0 Å². The topological polar surface area (TPSA) is 114 Å². The summed E-state index contributed by atoms with van der Waals surface area (Å²) in [6, 6.07) is 0.928. The minimum atomic E-state index is -0.547. The van der Waals surface area contributed by atoms with E-state index in [1.54, 1.807) is 0 Å². The Hall–Kier alpha value is -0.890. The second kappa shape index (κ2) is 15.8. The van der Waals surface area contributed by atoms with E-state index in [4.69, 9.17) is 9.47 Å². The molecule has 0 aromatic heterocycles. The molecule has 6 aliphatic rings. The van der Waals surface area contributed by atoms with Crippen molar-refractivity contribution in [2.24, 2.45) is 17.8 Å². The third kappa shape index (κ3) is 9.21. The van der Waals surface area contributed by atoms with Gasteiger partial charge in [-0.15, -0.1) is 0 Å². The van der Waals surface area contributed by atoms with Crippen LogP contribution in [0.2, 0.25) is 0 Å². The zero-order chi connectivity index (χ0) is 32.3. The summed E-state index contributed by atoms with van der Waals surface area (Å²) < 4.78 is 12.1. The van der Waals surface area contributed by atoms with Gasteiger partial charge in [0.05, 0.1) is 44.0 Å². The van der Waals surface area contributed by atoms with E-state index in [1.165, 1.54) is 25.7 Å². The molecule has 6 rings (SSSR count). The van der Waals surface area contributed by atoms with Gasteiger partial charge >= 0.3 is 0 Å². The molecule has 1 amide bonds. The van der Waals surface area contributed by atoms with E-state index in [1.807, 2.05) is 0 Å². The van der Waals surface area contributed by atoms with Gasteiger partial charge in [-0.3, -0.25) is 30.5 Å². The van der Waals surface area contributed by atoms with Gasteiger partial charge in [-0.25, -0.2) is 0 Å². The molecule has 0 aromatic rings. The fraction of sp³-hybridized carbons (Fsp3) is 0.971. The lowest BCUT2D eigenvalue weighted by Gasteiger charge is -2.48. The van der Waals surface area contributed by atoms with Gasteiger partial charge in [0.1, 0.15) is 0 Å². The van der Waals surface area contributed by atoms with E-state index in [0.717, 1.165) is 71.4 Å². The van der Waals surface area contributed by atoms with Crippen molar-refractivity contribution in [1.29, 1.82) is 0 Å². The summed E-state index contributed by atoms with van der Waals surface area (Å²) in [4.78, 5) is 21.1. The first kappa shape index (κ1) is 35.0. The molecule has 6 fully saturated rings. The summed E-state index contributed by atoms with van der Waals surface area (Å²) in [6.07, 6.45) is 10.3. The van der Waals surface area contributed by atoms with E-state index in [-0.39, 0.29) is 35.8 Å².